The van der Waals surface area contributed by atoms with Gasteiger partial charge in [-0.25, -0.2) is 18.1 Å². The molecule has 1 saturated heterocycles. The Bertz CT molecular complexity index is 1250. The summed E-state index contributed by atoms with van der Waals surface area (Å²) in [6, 6.07) is 8.08. The molecule has 1 amide bonds. The molecule has 172 valence electrons. The molecule has 2 fully saturated rings. The van der Waals surface area contributed by atoms with Gasteiger partial charge in [-0.15, -0.1) is 0 Å². The van der Waals surface area contributed by atoms with Crippen molar-refractivity contribution in [2.24, 2.45) is 5.73 Å². The third kappa shape index (κ3) is 4.37. The minimum Gasteiger partial charge on any atom is -0.372 e. The van der Waals surface area contributed by atoms with E-state index < -0.39 is 10.0 Å². The van der Waals surface area contributed by atoms with Crippen LogP contribution in [0.15, 0.2) is 35.4 Å². The molecule has 0 bridgehead atoms. The largest absolute Gasteiger partial charge is 0.372 e. The van der Waals surface area contributed by atoms with Crippen molar-refractivity contribution in [1.82, 2.24) is 19.6 Å². The quantitative estimate of drug-likeness (QED) is 0.520. The predicted octanol–water partition coefficient (Wildman–Crippen LogP) is 2.85. The van der Waals surface area contributed by atoms with Crippen molar-refractivity contribution in [2.75, 3.05) is 13.6 Å². The van der Waals surface area contributed by atoms with Gasteiger partial charge in [0.1, 0.15) is 5.65 Å². The molecule has 2 aliphatic rings. The zero-order valence-corrected chi connectivity index (χ0v) is 19.6. The number of fused-ring (bicyclic) bond motifs is 3. The van der Waals surface area contributed by atoms with E-state index in [-0.39, 0.29) is 11.9 Å². The van der Waals surface area contributed by atoms with E-state index in [1.54, 1.807) is 12.1 Å². The number of nitrogens with zero attached hydrogens (tertiary/aromatic N) is 2. The molecule has 2 aromatic heterocycles. The molecule has 4 N–H and O–H groups in total. The number of aromatic amines is 1. The normalized spacial score (nSPS) is 23.0. The molecule has 3 aromatic rings. The average molecular weight is 458 g/mol. The first-order chi connectivity index (χ1) is 15.2. The fourth-order valence-corrected chi connectivity index (χ4v) is 6.07. The molecule has 9 heteroatoms. The van der Waals surface area contributed by atoms with Gasteiger partial charge in [0.25, 0.3) is 0 Å². The number of carbonyl (C=O) groups excluding carboxylic acids is 1. The van der Waals surface area contributed by atoms with E-state index in [0.29, 0.717) is 16.9 Å². The Morgan fingerprint density at radius 1 is 1.31 bits per heavy atom. The second-order valence-electron chi connectivity index (χ2n) is 9.31. The minimum absolute atomic E-state index is 0.250. The van der Waals surface area contributed by atoms with E-state index in [9.17, 15) is 8.42 Å². The van der Waals surface area contributed by atoms with Crippen LogP contribution >= 0.6 is 0 Å². The maximum absolute atomic E-state index is 12.8. The Hall–Kier alpha value is -2.49. The first-order valence-electron chi connectivity index (χ1n) is 11.0. The lowest BCUT2D eigenvalue weighted by molar-refractivity contribution is -0.106. The third-order valence-corrected chi connectivity index (χ3v) is 8.47. The number of aromatic nitrogens is 2. The van der Waals surface area contributed by atoms with Crippen LogP contribution < -0.4 is 10.5 Å². The maximum atomic E-state index is 12.8. The molecule has 2 unspecified atom stereocenters. The van der Waals surface area contributed by atoms with Crippen LogP contribution in [0.5, 0.6) is 0 Å². The highest BCUT2D eigenvalue weighted by atomic mass is 32.2. The number of nitrogens with one attached hydrogen (secondary N) is 2. The number of rotatable bonds is 4. The van der Waals surface area contributed by atoms with Gasteiger partial charge in [0.2, 0.25) is 16.4 Å². The lowest BCUT2D eigenvalue weighted by atomic mass is 9.84. The number of hydrogen-bond donors (Lipinski definition) is 3. The topological polar surface area (TPSA) is 121 Å². The molecule has 1 aliphatic carbocycles. The highest BCUT2D eigenvalue weighted by molar-refractivity contribution is 7.89. The summed E-state index contributed by atoms with van der Waals surface area (Å²) in [6.07, 6.45) is 6.15. The van der Waals surface area contributed by atoms with Gasteiger partial charge in [0.15, 0.2) is 0 Å². The van der Waals surface area contributed by atoms with Crippen LogP contribution in [0.4, 0.5) is 0 Å². The number of likely N-dealkylation sites (tertiary alicyclic amines) is 1. The Morgan fingerprint density at radius 3 is 2.69 bits per heavy atom. The first-order valence-corrected chi connectivity index (χ1v) is 12.5. The van der Waals surface area contributed by atoms with Crippen LogP contribution in [0.25, 0.3) is 21.9 Å². The number of piperidine rings is 1. The fourth-order valence-electron chi connectivity index (χ4n) is 4.58. The third-order valence-electron chi connectivity index (χ3n) is 6.84. The van der Waals surface area contributed by atoms with Gasteiger partial charge in [0, 0.05) is 34.1 Å². The zero-order chi connectivity index (χ0) is 23.1. The summed E-state index contributed by atoms with van der Waals surface area (Å²) in [4.78, 5) is 19.2. The van der Waals surface area contributed by atoms with Crippen LogP contribution in [0.1, 0.15) is 51.0 Å². The number of nitrogens with two attached hydrogens (primary N) is 1. The van der Waals surface area contributed by atoms with Crippen LogP contribution in [0, 0.1) is 0 Å². The van der Waals surface area contributed by atoms with Gasteiger partial charge in [-0.05, 0) is 82.8 Å². The summed E-state index contributed by atoms with van der Waals surface area (Å²) in [7, 11) is -1.34. The highest BCUT2D eigenvalue weighted by Gasteiger charge is 2.41. The first kappa shape index (κ1) is 22.7. The second kappa shape index (κ2) is 8.46. The summed E-state index contributed by atoms with van der Waals surface area (Å²) in [6.45, 7) is 5.32. The van der Waals surface area contributed by atoms with Gasteiger partial charge >= 0.3 is 0 Å². The fraction of sp³-hybridized carbons (Fsp3) is 0.478. The Kier molecular flexibility index (Phi) is 6.00. The number of amides is 1. The molecule has 3 heterocycles. The van der Waals surface area contributed by atoms with Gasteiger partial charge in [-0.2, -0.15) is 0 Å². The number of carbonyl (C=O) groups is 1. The summed E-state index contributed by atoms with van der Waals surface area (Å²) in [5.74, 6) is 0.491. The Morgan fingerprint density at radius 2 is 2.03 bits per heavy atom. The average Bonchev–Trinajstić information content (AvgIpc) is 3.33. The molecule has 0 radical (unpaired) electrons. The van der Waals surface area contributed by atoms with Gasteiger partial charge in [0.05, 0.1) is 4.90 Å². The molecule has 2 atom stereocenters. The molecule has 1 aromatic carbocycles. The standard InChI is InChI=1S/C22H28N4O2S.CH3NO/c1-14-12-15(7-11-26(14)3)17-6-10-23-21-20(17)18-5-4-16(13-19(18)24-21)29(27,28)25-22(2)8-9-22;2-1-3/h4-6,10,13-15,25H,7-9,11-12H2,1-3H3,(H,23,24);1H,(H2,2,3). The zero-order valence-electron chi connectivity index (χ0n) is 18.8. The van der Waals surface area contributed by atoms with Crippen molar-refractivity contribution in [3.05, 3.63) is 36.0 Å². The van der Waals surface area contributed by atoms with Crippen LogP contribution in [-0.2, 0) is 14.8 Å². The molecule has 1 aliphatic heterocycles. The molecule has 0 spiro atoms. The summed E-state index contributed by atoms with van der Waals surface area (Å²) in [5.41, 5.74) is 6.86. The molecular formula is C23H31N5O3S. The van der Waals surface area contributed by atoms with Gasteiger partial charge in [-0.3, -0.25) is 4.79 Å². The molecule has 32 heavy (non-hydrogen) atoms. The van der Waals surface area contributed by atoms with Crippen LogP contribution in [0.3, 0.4) is 0 Å². The number of H-pyrrole nitrogens is 1. The SMILES string of the molecule is CC1CC(c2ccnc3[nH]c4cc(S(=O)(=O)NC5(C)CC5)ccc4c23)CCN1C.NC=O. The molecule has 1 saturated carbocycles. The van der Waals surface area contributed by atoms with E-state index in [4.69, 9.17) is 4.79 Å². The molecular weight excluding hydrogens is 426 g/mol. The lowest BCUT2D eigenvalue weighted by Crippen LogP contribution is -2.36. The van der Waals surface area contributed by atoms with E-state index in [1.807, 2.05) is 19.2 Å². The van der Waals surface area contributed by atoms with E-state index in [0.717, 1.165) is 54.2 Å². The van der Waals surface area contributed by atoms with Crippen molar-refractivity contribution in [1.29, 1.82) is 0 Å². The van der Waals surface area contributed by atoms with Crippen LogP contribution in [0.2, 0.25) is 0 Å². The van der Waals surface area contributed by atoms with E-state index in [1.165, 1.54) is 5.56 Å². The number of hydrogen-bond acceptors (Lipinski definition) is 5. The predicted molar refractivity (Wildman–Crippen MR) is 126 cm³/mol. The number of primary amides is 1. The van der Waals surface area contributed by atoms with E-state index in [2.05, 4.69) is 45.4 Å². The summed E-state index contributed by atoms with van der Waals surface area (Å²) >= 11 is 0. The maximum Gasteiger partial charge on any atom is 0.241 e. The van der Waals surface area contributed by atoms with Crippen molar-refractivity contribution in [3.8, 4) is 0 Å². The van der Waals surface area contributed by atoms with Crippen molar-refractivity contribution >= 4 is 38.4 Å². The van der Waals surface area contributed by atoms with Crippen molar-refractivity contribution in [3.63, 3.8) is 0 Å². The van der Waals surface area contributed by atoms with E-state index >= 15 is 0 Å². The summed E-state index contributed by atoms with van der Waals surface area (Å²) < 4.78 is 28.4. The Balaban J connectivity index is 0.000000775. The number of pyridine rings is 1. The van der Waals surface area contributed by atoms with Crippen molar-refractivity contribution < 1.29 is 13.2 Å². The monoisotopic (exact) mass is 457 g/mol. The summed E-state index contributed by atoms with van der Waals surface area (Å²) in [5, 5.41) is 2.18. The molecule has 8 nitrogen and oxygen atoms in total. The second-order valence-corrected chi connectivity index (χ2v) is 11.0. The van der Waals surface area contributed by atoms with Gasteiger partial charge in [-0.1, -0.05) is 6.07 Å². The van der Waals surface area contributed by atoms with Gasteiger partial charge < -0.3 is 15.6 Å². The lowest BCUT2D eigenvalue weighted by Gasteiger charge is -2.35. The number of benzene rings is 1. The number of sulfonamides is 1. The highest BCUT2D eigenvalue weighted by Crippen LogP contribution is 2.39. The van der Waals surface area contributed by atoms with Crippen LogP contribution in [-0.4, -0.2) is 54.9 Å². The van der Waals surface area contributed by atoms with Crippen molar-refractivity contribution in [2.45, 2.75) is 61.9 Å². The minimum atomic E-state index is -3.52. The molecule has 5 rings (SSSR count). The smallest absolute Gasteiger partial charge is 0.241 e. The Labute approximate surface area is 188 Å².